The van der Waals surface area contributed by atoms with Crippen molar-refractivity contribution in [2.24, 2.45) is 0 Å². The van der Waals surface area contributed by atoms with E-state index in [9.17, 15) is 9.59 Å². The molecule has 2 amide bonds. The molecule has 2 rings (SSSR count). The summed E-state index contributed by atoms with van der Waals surface area (Å²) in [6.45, 7) is 7.36. The molecule has 4 nitrogen and oxygen atoms in total. The molecule has 0 unspecified atom stereocenters. The number of carbonyl (C=O) groups excluding carboxylic acids is 2. The second kappa shape index (κ2) is 3.97. The number of rotatable bonds is 1. The Morgan fingerprint density at radius 3 is 2.29 bits per heavy atom. The molecule has 0 saturated heterocycles. The molecule has 1 aliphatic rings. The van der Waals surface area contributed by atoms with Gasteiger partial charge in [-0.1, -0.05) is 6.58 Å². The third-order valence-corrected chi connectivity index (χ3v) is 2.78. The Bertz CT molecular complexity index is 553. The minimum absolute atomic E-state index is 0.327. The lowest BCUT2D eigenvalue weighted by Gasteiger charge is -2.14. The molecule has 0 atom stereocenters. The maximum atomic E-state index is 11.8. The number of aryl methyl sites for hydroxylation is 1. The van der Waals surface area contributed by atoms with Gasteiger partial charge < -0.3 is 0 Å². The molecule has 2 heterocycles. The van der Waals surface area contributed by atoms with E-state index < -0.39 is 11.8 Å². The van der Waals surface area contributed by atoms with Gasteiger partial charge in [-0.2, -0.15) is 4.57 Å². The topological polar surface area (TPSA) is 50.1 Å². The van der Waals surface area contributed by atoms with E-state index in [1.165, 1.54) is 0 Å². The third-order valence-electron chi connectivity index (χ3n) is 2.78. The summed E-state index contributed by atoms with van der Waals surface area (Å²) in [5, 5.41) is 2.27. The van der Waals surface area contributed by atoms with Crippen molar-refractivity contribution in [2.45, 2.75) is 13.8 Å². The van der Waals surface area contributed by atoms with Crippen LogP contribution in [-0.2, 0) is 9.59 Å². The smallest absolute Gasteiger partial charge is 0.283 e. The standard InChI is InChI=1S/C13H12N2O2/c1-8-4-6-15(7-5-8)11-9(2)10(3)12(16)14-13(11)17/h4-7H,3H2,1-2H3/p+1. The summed E-state index contributed by atoms with van der Waals surface area (Å²) in [6.07, 6.45) is 3.58. The molecule has 0 bridgehead atoms. The van der Waals surface area contributed by atoms with E-state index in [1.807, 2.05) is 19.1 Å². The summed E-state index contributed by atoms with van der Waals surface area (Å²) in [6, 6.07) is 3.79. The Labute approximate surface area is 99.3 Å². The normalized spacial score (nSPS) is 16.2. The molecule has 0 radical (unpaired) electrons. The molecule has 1 aromatic heterocycles. The first-order valence-corrected chi connectivity index (χ1v) is 5.25. The third kappa shape index (κ3) is 1.89. The minimum Gasteiger partial charge on any atom is -0.283 e. The average Bonchev–Trinajstić information content (AvgIpc) is 2.29. The summed E-state index contributed by atoms with van der Waals surface area (Å²) in [5.74, 6) is -0.822. The molecule has 1 aromatic rings. The maximum Gasteiger partial charge on any atom is 0.323 e. The van der Waals surface area contributed by atoms with E-state index >= 15 is 0 Å². The van der Waals surface area contributed by atoms with Crippen LogP contribution in [0.3, 0.4) is 0 Å². The molecule has 1 aliphatic heterocycles. The first kappa shape index (κ1) is 11.3. The van der Waals surface area contributed by atoms with Crippen LogP contribution in [0.25, 0.3) is 5.70 Å². The van der Waals surface area contributed by atoms with Gasteiger partial charge in [0.2, 0.25) is 0 Å². The molecule has 0 fully saturated rings. The Balaban J connectivity index is 2.56. The van der Waals surface area contributed by atoms with Gasteiger partial charge in [-0.15, -0.1) is 0 Å². The van der Waals surface area contributed by atoms with Crippen LogP contribution in [0, 0.1) is 6.92 Å². The van der Waals surface area contributed by atoms with Gasteiger partial charge in [0.05, 0.1) is 0 Å². The van der Waals surface area contributed by atoms with Gasteiger partial charge in [-0.25, -0.2) is 0 Å². The second-order valence-corrected chi connectivity index (χ2v) is 4.02. The van der Waals surface area contributed by atoms with Crippen molar-refractivity contribution < 1.29 is 14.2 Å². The summed E-state index contributed by atoms with van der Waals surface area (Å²) in [7, 11) is 0. The average molecular weight is 229 g/mol. The fourth-order valence-corrected chi connectivity index (χ4v) is 1.68. The second-order valence-electron chi connectivity index (χ2n) is 4.02. The lowest BCUT2D eigenvalue weighted by atomic mass is 10.0. The number of carbonyl (C=O) groups is 2. The van der Waals surface area contributed by atoms with Gasteiger partial charge in [0.1, 0.15) is 0 Å². The van der Waals surface area contributed by atoms with Crippen molar-refractivity contribution in [1.82, 2.24) is 5.32 Å². The van der Waals surface area contributed by atoms with Gasteiger partial charge in [0.15, 0.2) is 12.4 Å². The van der Waals surface area contributed by atoms with Crippen molar-refractivity contribution in [3.63, 3.8) is 0 Å². The van der Waals surface area contributed by atoms with Crippen molar-refractivity contribution >= 4 is 17.5 Å². The quantitative estimate of drug-likeness (QED) is 0.438. The zero-order chi connectivity index (χ0) is 12.6. The predicted molar refractivity (Wildman–Crippen MR) is 62.6 cm³/mol. The summed E-state index contributed by atoms with van der Waals surface area (Å²) in [5.41, 5.74) is 2.47. The fraction of sp³-hybridized carbons (Fsp3) is 0.154. The summed E-state index contributed by atoms with van der Waals surface area (Å²) < 4.78 is 1.69. The Morgan fingerprint density at radius 2 is 1.71 bits per heavy atom. The van der Waals surface area contributed by atoms with Crippen LogP contribution in [0.2, 0.25) is 0 Å². The maximum absolute atomic E-state index is 11.8. The van der Waals surface area contributed by atoms with Gasteiger partial charge in [0.25, 0.3) is 11.6 Å². The number of hydrogen-bond acceptors (Lipinski definition) is 2. The molecule has 17 heavy (non-hydrogen) atoms. The van der Waals surface area contributed by atoms with E-state index in [1.54, 1.807) is 23.9 Å². The van der Waals surface area contributed by atoms with Crippen molar-refractivity contribution in [3.8, 4) is 0 Å². The first-order valence-electron chi connectivity index (χ1n) is 5.25. The van der Waals surface area contributed by atoms with Crippen molar-refractivity contribution in [2.75, 3.05) is 0 Å². The Morgan fingerprint density at radius 1 is 1.12 bits per heavy atom. The van der Waals surface area contributed by atoms with E-state index in [2.05, 4.69) is 11.9 Å². The molecule has 1 N–H and O–H groups in total. The molecule has 0 saturated carbocycles. The molecular weight excluding hydrogens is 216 g/mol. The van der Waals surface area contributed by atoms with Crippen molar-refractivity contribution in [1.29, 1.82) is 0 Å². The predicted octanol–water partition coefficient (Wildman–Crippen LogP) is 0.726. The van der Waals surface area contributed by atoms with Crippen LogP contribution in [0.1, 0.15) is 12.5 Å². The zero-order valence-electron chi connectivity index (χ0n) is 9.78. The fourth-order valence-electron chi connectivity index (χ4n) is 1.68. The van der Waals surface area contributed by atoms with Crippen LogP contribution in [0.5, 0.6) is 0 Å². The Kier molecular flexibility index (Phi) is 2.63. The highest BCUT2D eigenvalue weighted by atomic mass is 16.2. The van der Waals surface area contributed by atoms with Crippen molar-refractivity contribution in [3.05, 3.63) is 47.8 Å². The molecule has 0 aromatic carbocycles. The van der Waals surface area contributed by atoms with Crippen LogP contribution in [0.15, 0.2) is 42.3 Å². The van der Waals surface area contributed by atoms with Gasteiger partial charge >= 0.3 is 5.91 Å². The Hall–Kier alpha value is -2.23. The lowest BCUT2D eigenvalue weighted by Crippen LogP contribution is -2.47. The van der Waals surface area contributed by atoms with Gasteiger partial charge in [-0.3, -0.25) is 14.9 Å². The first-order chi connectivity index (χ1) is 8.00. The van der Waals surface area contributed by atoms with Crippen LogP contribution < -0.4 is 9.88 Å². The van der Waals surface area contributed by atoms with Gasteiger partial charge in [-0.05, 0) is 19.4 Å². The monoisotopic (exact) mass is 229 g/mol. The van der Waals surface area contributed by atoms with E-state index in [-0.39, 0.29) is 0 Å². The van der Waals surface area contributed by atoms with Crippen LogP contribution in [0.4, 0.5) is 0 Å². The van der Waals surface area contributed by atoms with E-state index in [4.69, 9.17) is 0 Å². The number of imide groups is 1. The largest absolute Gasteiger partial charge is 0.323 e. The molecule has 0 aliphatic carbocycles. The molecule has 86 valence electrons. The van der Waals surface area contributed by atoms with Crippen LogP contribution >= 0.6 is 0 Å². The highest BCUT2D eigenvalue weighted by Gasteiger charge is 2.32. The molecular formula is C13H13N2O2+. The number of hydrogen-bond donors (Lipinski definition) is 1. The number of amides is 2. The van der Waals surface area contributed by atoms with E-state index in [0.29, 0.717) is 16.8 Å². The summed E-state index contributed by atoms with van der Waals surface area (Å²) in [4.78, 5) is 23.2. The number of nitrogens with zero attached hydrogens (tertiary/aromatic N) is 1. The molecule has 0 spiro atoms. The highest BCUT2D eigenvalue weighted by Crippen LogP contribution is 2.17. The number of aromatic nitrogens is 1. The van der Waals surface area contributed by atoms with Crippen LogP contribution in [-0.4, -0.2) is 11.8 Å². The lowest BCUT2D eigenvalue weighted by molar-refractivity contribution is -0.578. The SMILES string of the molecule is C=C1C(=O)NC(=O)C([n+]2ccc(C)cc2)=C1C. The molecule has 4 heteroatoms. The zero-order valence-corrected chi connectivity index (χ0v) is 9.78. The minimum atomic E-state index is -0.427. The van der Waals surface area contributed by atoms with E-state index in [0.717, 1.165) is 5.56 Å². The highest BCUT2D eigenvalue weighted by molar-refractivity contribution is 6.25. The number of pyridine rings is 1. The summed E-state index contributed by atoms with van der Waals surface area (Å²) >= 11 is 0. The number of nitrogens with one attached hydrogen (secondary N) is 1. The van der Waals surface area contributed by atoms with Gasteiger partial charge in [0, 0.05) is 23.3 Å².